The molecule has 306 valence electrons. The van der Waals surface area contributed by atoms with Gasteiger partial charge in [0.1, 0.15) is 11.6 Å². The molecule has 9 aromatic rings. The average molecular weight is 832 g/mol. The van der Waals surface area contributed by atoms with Gasteiger partial charge in [0.05, 0.1) is 28.0 Å². The third-order valence-electron chi connectivity index (χ3n) is 10.8. The van der Waals surface area contributed by atoms with E-state index in [0.717, 1.165) is 5.56 Å². The molecular weight excluding hydrogens is 755 g/mol. The van der Waals surface area contributed by atoms with Crippen LogP contribution < -0.4 is 0 Å². The van der Waals surface area contributed by atoms with Crippen molar-refractivity contribution in [1.82, 2.24) is 14.5 Å². The molecule has 7 aromatic carbocycles. The van der Waals surface area contributed by atoms with Crippen molar-refractivity contribution in [3.8, 4) is 78.6 Å². The summed E-state index contributed by atoms with van der Waals surface area (Å²) in [5.41, 5.74) is -6.95. The molecule has 62 heavy (non-hydrogen) atoms. The first-order valence-electron chi connectivity index (χ1n) is 31.5. The number of nitrogens with zero attached hydrogens (tertiary/aromatic N) is 3. The number of phenols is 1. The number of aromatic hydroxyl groups is 1. The fraction of sp³-hybridized carbons (Fsp3) is 0.172. The largest absolute Gasteiger partial charge is 0.507 e. The number of benzene rings is 7. The minimum atomic E-state index is -4.23. The lowest BCUT2D eigenvalue weighted by atomic mass is 9.79. The zero-order valence-electron chi connectivity index (χ0n) is 57.0. The molecule has 0 aliphatic rings. The fourth-order valence-electron chi connectivity index (χ4n) is 7.80. The Morgan fingerprint density at radius 2 is 1.18 bits per heavy atom. The lowest BCUT2D eigenvalue weighted by Crippen LogP contribution is -2.17. The number of phenolic OH excluding ortho intramolecular Hbond substituents is 1. The first kappa shape index (κ1) is 21.2. The SMILES string of the molecule is [2H]C([2H])([2H])c1ccc(-c2ccnc(-c3cc(-c4ccccc4)cc(-c4cccc5c4nc(-c4cc(C(C([2H])([2H])[2H])(C([2H])([2H])[2H])C([2H])([2H])[2H])cc(C(C([2H])([2H])[2H])(C([2H])([2H])[2H])C([2H])([2H])[2H])c4O)n5-c4ccc(C([2H])([2H])[2H])cc4-c4ccccc4)c3)c2)cc1. The quantitative estimate of drug-likeness (QED) is 0.174. The summed E-state index contributed by atoms with van der Waals surface area (Å²) in [6.07, 6.45) is 1.58. The highest BCUT2D eigenvalue weighted by molar-refractivity contribution is 5.98. The molecule has 0 unspecified atom stereocenters. The van der Waals surface area contributed by atoms with Crippen LogP contribution >= 0.6 is 0 Å². The molecule has 0 saturated heterocycles. The van der Waals surface area contributed by atoms with E-state index in [1.165, 1.54) is 34.9 Å². The van der Waals surface area contributed by atoms with Gasteiger partial charge in [0.2, 0.25) is 0 Å². The molecule has 0 fully saturated rings. The van der Waals surface area contributed by atoms with Crippen molar-refractivity contribution in [3.05, 3.63) is 192 Å². The van der Waals surface area contributed by atoms with Crippen molar-refractivity contribution < 1.29 is 38.0 Å². The number of aryl methyl sites for hydroxylation is 2. The Hall–Kier alpha value is -7.04. The van der Waals surface area contributed by atoms with Gasteiger partial charge in [-0.1, -0.05) is 161 Å². The molecule has 0 atom stereocenters. The highest BCUT2D eigenvalue weighted by Gasteiger charge is 2.29. The molecule has 9 rings (SSSR count). The minimum absolute atomic E-state index is 0.0161. The Morgan fingerprint density at radius 3 is 1.90 bits per heavy atom. The van der Waals surface area contributed by atoms with Crippen LogP contribution in [0.3, 0.4) is 0 Å². The molecular formula is C58H53N3O. The van der Waals surface area contributed by atoms with Crippen molar-refractivity contribution in [2.24, 2.45) is 0 Å². The van der Waals surface area contributed by atoms with Crippen LogP contribution in [-0.2, 0) is 10.8 Å². The molecule has 1 N–H and O–H groups in total. The molecule has 0 amide bonds. The summed E-state index contributed by atoms with van der Waals surface area (Å²) < 4.78 is 208. The summed E-state index contributed by atoms with van der Waals surface area (Å²) in [6.45, 7) is -30.1. The highest BCUT2D eigenvalue weighted by atomic mass is 16.3. The van der Waals surface area contributed by atoms with E-state index in [0.29, 0.717) is 50.7 Å². The molecule has 4 heteroatoms. The minimum Gasteiger partial charge on any atom is -0.507 e. The third kappa shape index (κ3) is 7.74. The number of aromatic nitrogens is 3. The first-order chi connectivity index (χ1) is 39.6. The average Bonchev–Trinajstić information content (AvgIpc) is 0.774. The number of pyridine rings is 1. The molecule has 0 radical (unpaired) electrons. The van der Waals surface area contributed by atoms with Gasteiger partial charge in [-0.25, -0.2) is 4.98 Å². The molecule has 0 aliphatic heterocycles. The maximum Gasteiger partial charge on any atom is 0.149 e. The van der Waals surface area contributed by atoms with E-state index >= 15 is 0 Å². The van der Waals surface area contributed by atoms with Crippen LogP contribution in [0.2, 0.25) is 0 Å². The van der Waals surface area contributed by atoms with Gasteiger partial charge in [-0.15, -0.1) is 0 Å². The Balaban J connectivity index is 1.48. The Labute approximate surface area is 400 Å². The van der Waals surface area contributed by atoms with Crippen molar-refractivity contribution in [1.29, 1.82) is 0 Å². The van der Waals surface area contributed by atoms with Crippen molar-refractivity contribution in [3.63, 3.8) is 0 Å². The van der Waals surface area contributed by atoms with Gasteiger partial charge in [0.25, 0.3) is 0 Å². The topological polar surface area (TPSA) is 50.9 Å². The lowest BCUT2D eigenvalue weighted by Gasteiger charge is -2.27. The van der Waals surface area contributed by atoms with Crippen LogP contribution in [0.25, 0.3) is 83.9 Å². The molecule has 4 nitrogen and oxygen atoms in total. The second-order valence-electron chi connectivity index (χ2n) is 15.1. The maximum absolute atomic E-state index is 13.0. The summed E-state index contributed by atoms with van der Waals surface area (Å²) >= 11 is 0. The Kier molecular flexibility index (Phi) is 5.38. The number of para-hydroxylation sites is 1. The number of imidazole rings is 1. The van der Waals surface area contributed by atoms with Gasteiger partial charge in [-0.2, -0.15) is 0 Å². The molecule has 0 aliphatic carbocycles. The third-order valence-corrected chi connectivity index (χ3v) is 10.8. The van der Waals surface area contributed by atoms with E-state index in [9.17, 15) is 5.11 Å². The van der Waals surface area contributed by atoms with Crippen LogP contribution in [0.4, 0.5) is 0 Å². The summed E-state index contributed by atoms with van der Waals surface area (Å²) in [6, 6.07) is 42.6. The van der Waals surface area contributed by atoms with Gasteiger partial charge in [-0.05, 0) is 118 Å². The molecule has 0 saturated carbocycles. The van der Waals surface area contributed by atoms with E-state index in [4.69, 9.17) is 42.9 Å². The monoisotopic (exact) mass is 832 g/mol. The lowest BCUT2D eigenvalue weighted by molar-refractivity contribution is 0.446. The Bertz CT molecular complexity index is 3930. The maximum atomic E-state index is 13.0. The predicted octanol–water partition coefficient (Wildman–Crippen LogP) is 15.3. The summed E-state index contributed by atoms with van der Waals surface area (Å²) in [4.78, 5) is 9.83. The van der Waals surface area contributed by atoms with Gasteiger partial charge in [0, 0.05) is 61.3 Å². The van der Waals surface area contributed by atoms with Gasteiger partial charge >= 0.3 is 0 Å². The summed E-state index contributed by atoms with van der Waals surface area (Å²) in [5.74, 6) is -2.06. The fourth-order valence-corrected chi connectivity index (χ4v) is 7.80. The second kappa shape index (κ2) is 15.8. The van der Waals surface area contributed by atoms with Crippen LogP contribution in [0.5, 0.6) is 5.75 Å². The Morgan fingerprint density at radius 1 is 0.500 bits per heavy atom. The number of fused-ring (bicyclic) bond motifs is 1. The second-order valence-corrected chi connectivity index (χ2v) is 15.1. The smallest absolute Gasteiger partial charge is 0.149 e. The first-order valence-corrected chi connectivity index (χ1v) is 19.5. The summed E-state index contributed by atoms with van der Waals surface area (Å²) in [7, 11) is 0. The van der Waals surface area contributed by atoms with Crippen LogP contribution in [-0.4, -0.2) is 19.6 Å². The number of hydrogen-bond acceptors (Lipinski definition) is 3. The van der Waals surface area contributed by atoms with Crippen LogP contribution in [0.15, 0.2) is 170 Å². The number of hydrogen-bond donors (Lipinski definition) is 1. The van der Waals surface area contributed by atoms with E-state index < -0.39 is 93.9 Å². The molecule has 0 spiro atoms. The van der Waals surface area contributed by atoms with Crippen molar-refractivity contribution in [2.45, 2.75) is 65.6 Å². The molecule has 0 bridgehead atoms. The van der Waals surface area contributed by atoms with E-state index in [2.05, 4.69) is 0 Å². The van der Waals surface area contributed by atoms with Crippen LogP contribution in [0, 0.1) is 13.7 Å². The van der Waals surface area contributed by atoms with E-state index in [1.807, 2.05) is 48.5 Å². The van der Waals surface area contributed by atoms with Crippen molar-refractivity contribution >= 4 is 11.0 Å². The number of rotatable bonds is 7. The summed E-state index contributed by atoms with van der Waals surface area (Å²) in [5, 5.41) is 13.0. The predicted molar refractivity (Wildman–Crippen MR) is 260 cm³/mol. The van der Waals surface area contributed by atoms with Gasteiger partial charge in [0.15, 0.2) is 0 Å². The molecule has 2 heterocycles. The zero-order valence-corrected chi connectivity index (χ0v) is 33.0. The normalized spacial score (nSPS) is 19.3. The highest BCUT2D eigenvalue weighted by Crippen LogP contribution is 2.46. The standard InChI is InChI=1S/C58H53N3O/c1-37-22-25-40(26-23-37)42-28-29-59-51(34-42)45-32-43(39-16-11-9-12-17-39)31-44(33-45)47-20-15-21-53-54(47)60-56(49-35-46(57(3,4)5)36-50(55(49)62)58(6,7)8)61(53)52-27-24-38(2)30-48(52)41-18-13-10-14-19-41/h9-36,62H,1-8H3/i1D3,2D3,3D3,4D3,5D3,6D3,7D3,8D3. The van der Waals surface area contributed by atoms with Gasteiger partial charge in [-0.3, -0.25) is 9.55 Å². The van der Waals surface area contributed by atoms with E-state index in [-0.39, 0.29) is 39.5 Å². The van der Waals surface area contributed by atoms with E-state index in [1.54, 1.807) is 79.0 Å². The van der Waals surface area contributed by atoms with Crippen LogP contribution in [0.1, 0.15) is 96.3 Å². The van der Waals surface area contributed by atoms with Crippen molar-refractivity contribution in [2.75, 3.05) is 0 Å². The van der Waals surface area contributed by atoms with Gasteiger partial charge < -0.3 is 5.11 Å². The molecule has 2 aromatic heterocycles. The zero-order chi connectivity index (χ0) is 63.3.